The second-order valence-electron chi connectivity index (χ2n) is 3.42. The molecule has 0 aliphatic rings. The first-order valence-corrected chi connectivity index (χ1v) is 4.59. The van der Waals surface area contributed by atoms with Gasteiger partial charge in [0.2, 0.25) is 11.2 Å². The van der Waals surface area contributed by atoms with Crippen molar-refractivity contribution in [3.63, 3.8) is 0 Å². The Morgan fingerprint density at radius 1 is 1.47 bits per heavy atom. The van der Waals surface area contributed by atoms with Gasteiger partial charge in [-0.05, 0) is 12.1 Å². The average molecular weight is 205 g/mol. The van der Waals surface area contributed by atoms with Crippen LogP contribution in [0.1, 0.15) is 0 Å². The number of fused-ring (bicyclic) bond motifs is 1. The maximum atomic E-state index is 4.11. The molecule has 0 aromatic carbocycles. The van der Waals surface area contributed by atoms with E-state index < -0.39 is 0 Å². The molecule has 0 atom stereocenters. The van der Waals surface area contributed by atoms with Crippen molar-refractivity contribution in [3.05, 3.63) is 18.3 Å². The highest BCUT2D eigenvalue weighted by atomic mass is 15.6. The third-order valence-electron chi connectivity index (χ3n) is 2.16. The number of aromatic nitrogens is 4. The SMILES string of the molecule is CN(C)/[N+](C)=C/n1nnc2ncccc21. The molecule has 2 heterocycles. The topological polar surface area (TPSA) is 49.9 Å². The molecule has 6 nitrogen and oxygen atoms in total. The summed E-state index contributed by atoms with van der Waals surface area (Å²) in [6.07, 6.45) is 3.55. The smallest absolute Gasteiger partial charge is 0.255 e. The van der Waals surface area contributed by atoms with Crippen LogP contribution in [-0.2, 0) is 0 Å². The summed E-state index contributed by atoms with van der Waals surface area (Å²) in [4.78, 5) is 4.11. The lowest BCUT2D eigenvalue weighted by Crippen LogP contribution is -2.27. The van der Waals surface area contributed by atoms with Gasteiger partial charge in [0.15, 0.2) is 0 Å². The fourth-order valence-corrected chi connectivity index (χ4v) is 1.13. The molecule has 78 valence electrons. The zero-order valence-electron chi connectivity index (χ0n) is 8.99. The molecule has 0 amide bonds. The van der Waals surface area contributed by atoms with Gasteiger partial charge in [0.05, 0.1) is 0 Å². The summed E-state index contributed by atoms with van der Waals surface area (Å²) in [5, 5.41) is 9.89. The molecule has 0 saturated heterocycles. The first kappa shape index (κ1) is 9.57. The molecule has 0 spiro atoms. The molecule has 0 aliphatic carbocycles. The Bertz CT molecular complexity index is 498. The number of hydrazine groups is 1. The number of rotatable bonds is 2. The summed E-state index contributed by atoms with van der Waals surface area (Å²) in [6.45, 7) is 0. The average Bonchev–Trinajstić information content (AvgIpc) is 2.62. The van der Waals surface area contributed by atoms with Crippen LogP contribution in [-0.4, -0.2) is 57.2 Å². The summed E-state index contributed by atoms with van der Waals surface area (Å²) in [5.41, 5.74) is 1.55. The summed E-state index contributed by atoms with van der Waals surface area (Å²) in [7, 11) is 5.84. The lowest BCUT2D eigenvalue weighted by atomic mass is 10.4. The van der Waals surface area contributed by atoms with Gasteiger partial charge in [0, 0.05) is 25.5 Å². The minimum atomic E-state index is 0.654. The zero-order valence-corrected chi connectivity index (χ0v) is 8.99. The molecule has 0 N–H and O–H groups in total. The van der Waals surface area contributed by atoms with Crippen molar-refractivity contribution < 1.29 is 4.68 Å². The number of hydrogen-bond acceptors (Lipinski definition) is 4. The van der Waals surface area contributed by atoms with Crippen LogP contribution >= 0.6 is 0 Å². The lowest BCUT2D eigenvalue weighted by Gasteiger charge is -2.08. The van der Waals surface area contributed by atoms with Crippen molar-refractivity contribution >= 4 is 17.5 Å². The van der Waals surface area contributed by atoms with Crippen LogP contribution < -0.4 is 0 Å². The highest BCUT2D eigenvalue weighted by Gasteiger charge is 2.09. The summed E-state index contributed by atoms with van der Waals surface area (Å²) >= 11 is 0. The summed E-state index contributed by atoms with van der Waals surface area (Å²) in [6, 6.07) is 3.80. The fraction of sp³-hybridized carbons (Fsp3) is 0.333. The van der Waals surface area contributed by atoms with Crippen LogP contribution in [0.25, 0.3) is 11.2 Å². The molecule has 0 bridgehead atoms. The number of pyridine rings is 1. The first-order valence-electron chi connectivity index (χ1n) is 4.59. The molecule has 0 unspecified atom stereocenters. The van der Waals surface area contributed by atoms with E-state index in [2.05, 4.69) is 15.3 Å². The van der Waals surface area contributed by atoms with E-state index >= 15 is 0 Å². The predicted octanol–water partition coefficient (Wildman–Crippen LogP) is -0.178. The van der Waals surface area contributed by atoms with Gasteiger partial charge in [-0.15, -0.1) is 0 Å². The third kappa shape index (κ3) is 1.78. The first-order chi connectivity index (χ1) is 7.18. The van der Waals surface area contributed by atoms with Crippen molar-refractivity contribution in [3.8, 4) is 0 Å². The molecule has 0 radical (unpaired) electrons. The Kier molecular flexibility index (Phi) is 2.32. The summed E-state index contributed by atoms with van der Waals surface area (Å²) < 4.78 is 3.60. The van der Waals surface area contributed by atoms with Gasteiger partial charge in [-0.1, -0.05) is 9.78 Å². The molecule has 0 aliphatic heterocycles. The van der Waals surface area contributed by atoms with E-state index in [4.69, 9.17) is 0 Å². The monoisotopic (exact) mass is 205 g/mol. The largest absolute Gasteiger partial charge is 0.290 e. The van der Waals surface area contributed by atoms with Crippen molar-refractivity contribution in [2.45, 2.75) is 0 Å². The predicted molar refractivity (Wildman–Crippen MR) is 56.7 cm³/mol. The second kappa shape index (κ2) is 3.64. The fourth-order valence-electron chi connectivity index (χ4n) is 1.13. The van der Waals surface area contributed by atoms with Crippen LogP contribution in [0.5, 0.6) is 0 Å². The Balaban J connectivity index is 2.49. The lowest BCUT2D eigenvalue weighted by molar-refractivity contribution is -0.653. The number of hydrogen-bond donors (Lipinski definition) is 0. The highest BCUT2D eigenvalue weighted by molar-refractivity contribution is 5.76. The minimum absolute atomic E-state index is 0.654. The second-order valence-corrected chi connectivity index (χ2v) is 3.42. The van der Waals surface area contributed by atoms with Gasteiger partial charge < -0.3 is 0 Å². The quantitative estimate of drug-likeness (QED) is 0.295. The van der Waals surface area contributed by atoms with E-state index in [9.17, 15) is 0 Å². The molecule has 6 heteroatoms. The number of hydrazone groups is 1. The van der Waals surface area contributed by atoms with E-state index in [0.29, 0.717) is 5.65 Å². The van der Waals surface area contributed by atoms with Crippen molar-refractivity contribution in [1.29, 1.82) is 0 Å². The van der Waals surface area contributed by atoms with Gasteiger partial charge >= 0.3 is 0 Å². The number of nitrogens with zero attached hydrogens (tertiary/aromatic N) is 6. The maximum absolute atomic E-state index is 4.11. The van der Waals surface area contributed by atoms with Crippen molar-refractivity contribution in [2.24, 2.45) is 0 Å². The molecular weight excluding hydrogens is 192 g/mol. The van der Waals surface area contributed by atoms with E-state index in [1.54, 1.807) is 10.9 Å². The van der Waals surface area contributed by atoms with Crippen LogP contribution in [0.4, 0.5) is 0 Å². The molecule has 2 rings (SSSR count). The molecular formula is C9H13N6+. The minimum Gasteiger partial charge on any atom is -0.255 e. The molecule has 2 aromatic heterocycles. The van der Waals surface area contributed by atoms with E-state index in [-0.39, 0.29) is 0 Å². The zero-order chi connectivity index (χ0) is 10.8. The van der Waals surface area contributed by atoms with Crippen molar-refractivity contribution in [2.75, 3.05) is 21.1 Å². The van der Waals surface area contributed by atoms with Gasteiger partial charge in [-0.3, -0.25) is 5.01 Å². The Hall–Kier alpha value is -1.98. The van der Waals surface area contributed by atoms with E-state index in [1.807, 2.05) is 49.3 Å². The van der Waals surface area contributed by atoms with Gasteiger partial charge in [-0.2, -0.15) is 4.68 Å². The van der Waals surface area contributed by atoms with Gasteiger partial charge in [-0.25, -0.2) is 4.98 Å². The third-order valence-corrected chi connectivity index (χ3v) is 2.16. The summed E-state index contributed by atoms with van der Waals surface area (Å²) in [5.74, 6) is 0. The maximum Gasteiger partial charge on any atom is 0.290 e. The van der Waals surface area contributed by atoms with Crippen LogP contribution in [0.2, 0.25) is 0 Å². The Labute approximate surface area is 87.4 Å². The standard InChI is InChI=1S/C9H13N6/c1-13(2)14(3)7-15-8-5-4-6-10-9(8)11-12-15/h4-7H,1-3H3/q+1. The normalized spacial score (nSPS) is 12.1. The molecule has 0 fully saturated rings. The van der Waals surface area contributed by atoms with E-state index in [0.717, 1.165) is 5.52 Å². The Morgan fingerprint density at radius 2 is 2.27 bits per heavy atom. The van der Waals surface area contributed by atoms with Crippen molar-refractivity contribution in [1.82, 2.24) is 25.0 Å². The Morgan fingerprint density at radius 3 is 3.00 bits per heavy atom. The van der Waals surface area contributed by atoms with Crippen LogP contribution in [0.15, 0.2) is 18.3 Å². The van der Waals surface area contributed by atoms with Gasteiger partial charge in [0.1, 0.15) is 7.05 Å². The highest BCUT2D eigenvalue weighted by Crippen LogP contribution is 2.03. The molecule has 0 saturated carbocycles. The van der Waals surface area contributed by atoms with Crippen LogP contribution in [0, 0.1) is 0 Å². The van der Waals surface area contributed by atoms with Gasteiger partial charge in [0.25, 0.3) is 6.34 Å². The van der Waals surface area contributed by atoms with Crippen LogP contribution in [0.3, 0.4) is 0 Å². The van der Waals surface area contributed by atoms with E-state index in [1.165, 1.54) is 0 Å². The molecule has 2 aromatic rings. The molecule has 15 heavy (non-hydrogen) atoms.